The minimum Gasteiger partial charge on any atom is -0.368 e. The summed E-state index contributed by atoms with van der Waals surface area (Å²) in [7, 11) is 0. The Bertz CT molecular complexity index is 461. The molecule has 20 heavy (non-hydrogen) atoms. The van der Waals surface area contributed by atoms with E-state index in [1.165, 1.54) is 0 Å². The molecule has 110 valence electrons. The number of amides is 1. The summed E-state index contributed by atoms with van der Waals surface area (Å²) in [5.41, 5.74) is 6.62. The Morgan fingerprint density at radius 3 is 3.10 bits per heavy atom. The second kappa shape index (κ2) is 6.70. The molecule has 0 saturated carbocycles. The first kappa shape index (κ1) is 14.8. The van der Waals surface area contributed by atoms with Crippen LogP contribution in [-0.2, 0) is 11.3 Å². The van der Waals surface area contributed by atoms with Crippen LogP contribution in [-0.4, -0.2) is 30.0 Å². The summed E-state index contributed by atoms with van der Waals surface area (Å²) in [5, 5.41) is 3.43. The number of anilines is 1. The zero-order valence-corrected chi connectivity index (χ0v) is 12.3. The molecule has 0 spiro atoms. The molecule has 1 aromatic rings. The fourth-order valence-electron chi connectivity index (χ4n) is 2.64. The van der Waals surface area contributed by atoms with E-state index >= 15 is 0 Å². The van der Waals surface area contributed by atoms with Gasteiger partial charge in [-0.15, -0.1) is 0 Å². The minimum absolute atomic E-state index is 0.214. The van der Waals surface area contributed by atoms with Gasteiger partial charge in [0, 0.05) is 24.8 Å². The number of nitrogens with zero attached hydrogens (tertiary/aromatic N) is 2. The highest BCUT2D eigenvalue weighted by Crippen LogP contribution is 2.26. The van der Waals surface area contributed by atoms with Crippen LogP contribution in [0.1, 0.15) is 32.3 Å². The van der Waals surface area contributed by atoms with E-state index in [1.54, 1.807) is 6.20 Å². The summed E-state index contributed by atoms with van der Waals surface area (Å²) < 4.78 is 0. The highest BCUT2D eigenvalue weighted by atomic mass is 16.1. The normalized spacial score (nSPS) is 18.8. The van der Waals surface area contributed by atoms with Gasteiger partial charge in [0.1, 0.15) is 11.9 Å². The molecule has 3 N–H and O–H groups in total. The molecule has 2 rings (SSSR count). The van der Waals surface area contributed by atoms with E-state index in [4.69, 9.17) is 5.73 Å². The van der Waals surface area contributed by atoms with Gasteiger partial charge in [-0.25, -0.2) is 4.98 Å². The molecule has 1 unspecified atom stereocenters. The summed E-state index contributed by atoms with van der Waals surface area (Å²) >= 11 is 0. The van der Waals surface area contributed by atoms with E-state index in [2.05, 4.69) is 35.1 Å². The first-order valence-electron chi connectivity index (χ1n) is 7.30. The van der Waals surface area contributed by atoms with Crippen LogP contribution in [0.4, 0.5) is 5.82 Å². The van der Waals surface area contributed by atoms with Gasteiger partial charge in [0.2, 0.25) is 5.91 Å². The number of nitrogens with two attached hydrogens (primary N) is 1. The van der Waals surface area contributed by atoms with Crippen molar-refractivity contribution in [3.05, 3.63) is 23.9 Å². The first-order valence-corrected chi connectivity index (χ1v) is 7.30. The summed E-state index contributed by atoms with van der Waals surface area (Å²) in [6.07, 6.45) is 3.59. The van der Waals surface area contributed by atoms with E-state index in [0.29, 0.717) is 5.92 Å². The number of pyridine rings is 1. The number of primary amides is 1. The molecular weight excluding hydrogens is 252 g/mol. The van der Waals surface area contributed by atoms with E-state index in [0.717, 1.165) is 43.9 Å². The largest absolute Gasteiger partial charge is 0.368 e. The molecule has 1 aliphatic heterocycles. The molecular formula is C15H24N4O. The molecule has 1 atom stereocenters. The number of aromatic nitrogens is 1. The van der Waals surface area contributed by atoms with Crippen LogP contribution in [0, 0.1) is 5.92 Å². The fraction of sp³-hybridized carbons (Fsp3) is 0.600. The third kappa shape index (κ3) is 3.48. The predicted octanol–water partition coefficient (Wildman–Crippen LogP) is 1.28. The summed E-state index contributed by atoms with van der Waals surface area (Å²) in [6.45, 7) is 6.94. The number of nitrogens with one attached hydrogen (secondary N) is 1. The smallest absolute Gasteiger partial charge is 0.240 e. The molecule has 5 nitrogen and oxygen atoms in total. The van der Waals surface area contributed by atoms with Crippen molar-refractivity contribution in [1.29, 1.82) is 0 Å². The lowest BCUT2D eigenvalue weighted by molar-refractivity contribution is -0.119. The molecule has 1 aromatic heterocycles. The number of hydrogen-bond donors (Lipinski definition) is 2. The topological polar surface area (TPSA) is 71.2 Å². The van der Waals surface area contributed by atoms with Crippen molar-refractivity contribution >= 4 is 11.7 Å². The Hall–Kier alpha value is -1.62. The lowest BCUT2D eigenvalue weighted by Gasteiger charge is -2.25. The van der Waals surface area contributed by atoms with E-state index in [-0.39, 0.29) is 11.9 Å². The highest BCUT2D eigenvalue weighted by Gasteiger charge is 2.31. The molecule has 1 amide bonds. The molecule has 1 saturated heterocycles. The SMILES string of the molecule is CC(C)CNCc1cccnc1N1CCCC1C(N)=O. The number of carbonyl (C=O) groups excluding carboxylic acids is 1. The molecule has 0 aliphatic carbocycles. The summed E-state index contributed by atoms with van der Waals surface area (Å²) in [4.78, 5) is 18.1. The monoisotopic (exact) mass is 276 g/mol. The lowest BCUT2D eigenvalue weighted by atomic mass is 10.1. The van der Waals surface area contributed by atoms with Crippen molar-refractivity contribution in [3.8, 4) is 0 Å². The maximum Gasteiger partial charge on any atom is 0.240 e. The Morgan fingerprint density at radius 2 is 2.40 bits per heavy atom. The molecule has 0 radical (unpaired) electrons. The van der Waals surface area contributed by atoms with E-state index in [1.807, 2.05) is 6.07 Å². The van der Waals surface area contributed by atoms with Crippen molar-refractivity contribution in [2.45, 2.75) is 39.3 Å². The van der Waals surface area contributed by atoms with Crippen molar-refractivity contribution in [3.63, 3.8) is 0 Å². The Balaban J connectivity index is 2.12. The van der Waals surface area contributed by atoms with Crippen LogP contribution in [0.3, 0.4) is 0 Å². The van der Waals surface area contributed by atoms with Gasteiger partial charge in [0.25, 0.3) is 0 Å². The van der Waals surface area contributed by atoms with Crippen LogP contribution in [0.2, 0.25) is 0 Å². The van der Waals surface area contributed by atoms with Gasteiger partial charge < -0.3 is 16.0 Å². The van der Waals surface area contributed by atoms with E-state index < -0.39 is 0 Å². The molecule has 5 heteroatoms. The number of carbonyl (C=O) groups is 1. The molecule has 1 aliphatic rings. The minimum atomic E-state index is -0.255. The van der Waals surface area contributed by atoms with Gasteiger partial charge >= 0.3 is 0 Å². The molecule has 1 fully saturated rings. The van der Waals surface area contributed by atoms with Crippen molar-refractivity contribution in [1.82, 2.24) is 10.3 Å². The molecule has 0 bridgehead atoms. The van der Waals surface area contributed by atoms with Gasteiger partial charge in [0.05, 0.1) is 0 Å². The third-order valence-electron chi connectivity index (χ3n) is 3.59. The predicted molar refractivity (Wildman–Crippen MR) is 80.3 cm³/mol. The zero-order valence-electron chi connectivity index (χ0n) is 12.3. The van der Waals surface area contributed by atoms with Crippen LogP contribution >= 0.6 is 0 Å². The molecule has 2 heterocycles. The summed E-state index contributed by atoms with van der Waals surface area (Å²) in [5.74, 6) is 1.25. The standard InChI is InChI=1S/C15H24N4O/c1-11(2)9-17-10-12-5-3-7-18-15(12)19-8-4-6-13(19)14(16)20/h3,5,7,11,13,17H,4,6,8-10H2,1-2H3,(H2,16,20). The third-order valence-corrected chi connectivity index (χ3v) is 3.59. The van der Waals surface area contributed by atoms with Crippen molar-refractivity contribution < 1.29 is 4.79 Å². The second-order valence-corrected chi connectivity index (χ2v) is 5.76. The maximum absolute atomic E-state index is 11.5. The highest BCUT2D eigenvalue weighted by molar-refractivity contribution is 5.84. The van der Waals surface area contributed by atoms with Gasteiger partial charge in [-0.3, -0.25) is 4.79 Å². The Kier molecular flexibility index (Phi) is 4.95. The van der Waals surface area contributed by atoms with Crippen LogP contribution in [0.25, 0.3) is 0 Å². The van der Waals surface area contributed by atoms with Crippen LogP contribution in [0.5, 0.6) is 0 Å². The van der Waals surface area contributed by atoms with Gasteiger partial charge in [-0.05, 0) is 31.4 Å². The maximum atomic E-state index is 11.5. The van der Waals surface area contributed by atoms with Crippen molar-refractivity contribution in [2.75, 3.05) is 18.0 Å². The average molecular weight is 276 g/mol. The zero-order chi connectivity index (χ0) is 14.5. The Morgan fingerprint density at radius 1 is 1.60 bits per heavy atom. The average Bonchev–Trinajstić information content (AvgIpc) is 2.88. The van der Waals surface area contributed by atoms with E-state index in [9.17, 15) is 4.79 Å². The first-order chi connectivity index (χ1) is 9.59. The van der Waals surface area contributed by atoms with Gasteiger partial charge in [-0.2, -0.15) is 0 Å². The molecule has 0 aromatic carbocycles. The van der Waals surface area contributed by atoms with Gasteiger partial charge in [0.15, 0.2) is 0 Å². The van der Waals surface area contributed by atoms with Gasteiger partial charge in [-0.1, -0.05) is 19.9 Å². The number of rotatable bonds is 6. The van der Waals surface area contributed by atoms with Crippen molar-refractivity contribution in [2.24, 2.45) is 11.7 Å². The van der Waals surface area contributed by atoms with Crippen LogP contribution in [0.15, 0.2) is 18.3 Å². The number of hydrogen-bond acceptors (Lipinski definition) is 4. The Labute approximate surface area is 120 Å². The lowest BCUT2D eigenvalue weighted by Crippen LogP contribution is -2.41. The quantitative estimate of drug-likeness (QED) is 0.821. The van der Waals surface area contributed by atoms with Crippen LogP contribution < -0.4 is 16.0 Å². The fourth-order valence-corrected chi connectivity index (χ4v) is 2.64. The second-order valence-electron chi connectivity index (χ2n) is 5.76. The summed E-state index contributed by atoms with van der Waals surface area (Å²) in [6, 6.07) is 3.78.